The quantitative estimate of drug-likeness (QED) is 0.654. The number of esters is 1. The molecule has 1 aliphatic carbocycles. The number of hydrogen-bond acceptors (Lipinski definition) is 4. The van der Waals surface area contributed by atoms with E-state index in [2.05, 4.69) is 5.32 Å². The highest BCUT2D eigenvalue weighted by Crippen LogP contribution is 2.30. The summed E-state index contributed by atoms with van der Waals surface area (Å²) in [6.45, 7) is 2.07. The van der Waals surface area contributed by atoms with Crippen molar-refractivity contribution < 1.29 is 9.53 Å². The number of nitrogen functional groups attached to an aromatic ring is 1. The largest absolute Gasteiger partial charge is 0.462 e. The molecule has 1 aromatic rings. The molecule has 0 unspecified atom stereocenters. The number of nitrogens with one attached hydrogen (secondary N) is 1. The lowest BCUT2D eigenvalue weighted by Crippen LogP contribution is -2.23. The van der Waals surface area contributed by atoms with Crippen molar-refractivity contribution in [2.45, 2.75) is 45.1 Å². The van der Waals surface area contributed by atoms with Crippen LogP contribution in [0.4, 0.5) is 11.4 Å². The van der Waals surface area contributed by atoms with E-state index in [1.54, 1.807) is 19.1 Å². The Balaban J connectivity index is 2.14. The minimum Gasteiger partial charge on any atom is -0.462 e. The highest BCUT2D eigenvalue weighted by atomic mass is 35.5. The van der Waals surface area contributed by atoms with Crippen molar-refractivity contribution in [3.63, 3.8) is 0 Å². The van der Waals surface area contributed by atoms with Crippen LogP contribution in [0.1, 0.15) is 49.4 Å². The number of halogens is 1. The lowest BCUT2D eigenvalue weighted by Gasteiger charge is -2.25. The van der Waals surface area contributed by atoms with Gasteiger partial charge in [-0.05, 0) is 31.9 Å². The van der Waals surface area contributed by atoms with E-state index >= 15 is 0 Å². The number of carbonyl (C=O) groups excluding carboxylic acids is 1. The predicted octanol–water partition coefficient (Wildman–Crippen LogP) is 3.84. The molecule has 0 saturated heterocycles. The third-order valence-electron chi connectivity index (χ3n) is 3.60. The van der Waals surface area contributed by atoms with Gasteiger partial charge in [-0.15, -0.1) is 0 Å². The molecule has 0 spiro atoms. The van der Waals surface area contributed by atoms with Crippen LogP contribution in [0.3, 0.4) is 0 Å². The molecule has 2 rings (SSSR count). The first-order valence-electron chi connectivity index (χ1n) is 7.14. The van der Waals surface area contributed by atoms with Crippen LogP contribution >= 0.6 is 11.6 Å². The Labute approximate surface area is 124 Å². The number of rotatable bonds is 4. The van der Waals surface area contributed by atoms with Crippen LogP contribution < -0.4 is 11.1 Å². The fourth-order valence-electron chi connectivity index (χ4n) is 2.55. The Morgan fingerprint density at radius 3 is 2.75 bits per heavy atom. The van der Waals surface area contributed by atoms with Crippen LogP contribution in [-0.4, -0.2) is 18.6 Å². The predicted molar refractivity (Wildman–Crippen MR) is 82.3 cm³/mol. The number of benzene rings is 1. The van der Waals surface area contributed by atoms with Gasteiger partial charge >= 0.3 is 5.97 Å². The molecule has 1 fully saturated rings. The topological polar surface area (TPSA) is 64.3 Å². The van der Waals surface area contributed by atoms with Crippen molar-refractivity contribution in [1.29, 1.82) is 0 Å². The van der Waals surface area contributed by atoms with E-state index in [4.69, 9.17) is 22.1 Å². The third-order valence-corrected chi connectivity index (χ3v) is 3.91. The molecule has 110 valence electrons. The van der Waals surface area contributed by atoms with Crippen LogP contribution in [0.2, 0.25) is 5.02 Å². The number of carbonyl (C=O) groups is 1. The lowest BCUT2D eigenvalue weighted by atomic mass is 9.95. The second kappa shape index (κ2) is 6.84. The van der Waals surface area contributed by atoms with Gasteiger partial charge in [0.2, 0.25) is 0 Å². The summed E-state index contributed by atoms with van der Waals surface area (Å²) in [5.41, 5.74) is 7.66. The SMILES string of the molecule is CCOC(=O)c1cc(N)c(NC2CCCCC2)cc1Cl. The Kier molecular flexibility index (Phi) is 5.12. The summed E-state index contributed by atoms with van der Waals surface area (Å²) in [5, 5.41) is 3.80. The smallest absolute Gasteiger partial charge is 0.339 e. The molecule has 0 amide bonds. The van der Waals surface area contributed by atoms with Gasteiger partial charge in [0.25, 0.3) is 0 Å². The lowest BCUT2D eigenvalue weighted by molar-refractivity contribution is 0.0526. The second-order valence-electron chi connectivity index (χ2n) is 5.12. The first-order chi connectivity index (χ1) is 9.61. The number of anilines is 2. The maximum absolute atomic E-state index is 11.7. The molecule has 1 aliphatic rings. The van der Waals surface area contributed by atoms with E-state index in [0.29, 0.717) is 28.9 Å². The Bertz CT molecular complexity index is 485. The Morgan fingerprint density at radius 2 is 2.10 bits per heavy atom. The summed E-state index contributed by atoms with van der Waals surface area (Å²) < 4.78 is 4.95. The molecule has 5 heteroatoms. The van der Waals surface area contributed by atoms with Crippen molar-refractivity contribution in [3.8, 4) is 0 Å². The zero-order valence-electron chi connectivity index (χ0n) is 11.7. The minimum absolute atomic E-state index is 0.317. The van der Waals surface area contributed by atoms with Gasteiger partial charge in [0, 0.05) is 6.04 Å². The van der Waals surface area contributed by atoms with Gasteiger partial charge in [0.15, 0.2) is 0 Å². The van der Waals surface area contributed by atoms with Gasteiger partial charge in [-0.1, -0.05) is 30.9 Å². The maximum Gasteiger partial charge on any atom is 0.339 e. The summed E-state index contributed by atoms with van der Waals surface area (Å²) in [4.78, 5) is 11.7. The summed E-state index contributed by atoms with van der Waals surface area (Å²) >= 11 is 6.15. The first kappa shape index (κ1) is 15.0. The molecule has 1 aromatic carbocycles. The van der Waals surface area contributed by atoms with Crippen LogP contribution in [0.15, 0.2) is 12.1 Å². The highest BCUT2D eigenvalue weighted by Gasteiger charge is 2.18. The Hall–Kier alpha value is -1.42. The van der Waals surface area contributed by atoms with Crippen LogP contribution in [-0.2, 0) is 4.74 Å². The van der Waals surface area contributed by atoms with E-state index in [1.807, 2.05) is 0 Å². The number of nitrogens with two attached hydrogens (primary N) is 1. The molecule has 0 atom stereocenters. The zero-order valence-corrected chi connectivity index (χ0v) is 12.5. The molecule has 0 bridgehead atoms. The van der Waals surface area contributed by atoms with E-state index in [0.717, 1.165) is 18.5 Å². The van der Waals surface area contributed by atoms with Crippen molar-refractivity contribution in [3.05, 3.63) is 22.7 Å². The third kappa shape index (κ3) is 3.57. The van der Waals surface area contributed by atoms with Crippen LogP contribution in [0.5, 0.6) is 0 Å². The number of ether oxygens (including phenoxy) is 1. The van der Waals surface area contributed by atoms with Gasteiger partial charge in [-0.3, -0.25) is 0 Å². The zero-order chi connectivity index (χ0) is 14.5. The summed E-state index contributed by atoms with van der Waals surface area (Å²) in [5.74, 6) is -0.437. The standard InChI is InChI=1S/C15H21ClN2O2/c1-2-20-15(19)11-8-13(17)14(9-12(11)16)18-10-6-4-3-5-7-10/h8-10,18H,2-7,17H2,1H3. The molecule has 4 nitrogen and oxygen atoms in total. The summed E-state index contributed by atoms with van der Waals surface area (Å²) in [6, 6.07) is 3.75. The molecule has 3 N–H and O–H groups in total. The molecule has 0 heterocycles. The monoisotopic (exact) mass is 296 g/mol. The highest BCUT2D eigenvalue weighted by molar-refractivity contribution is 6.34. The van der Waals surface area contributed by atoms with Gasteiger partial charge in [-0.25, -0.2) is 4.79 Å². The van der Waals surface area contributed by atoms with Crippen LogP contribution in [0, 0.1) is 0 Å². The maximum atomic E-state index is 11.7. The van der Waals surface area contributed by atoms with E-state index in [1.165, 1.54) is 19.3 Å². The van der Waals surface area contributed by atoms with Gasteiger partial charge in [-0.2, -0.15) is 0 Å². The second-order valence-corrected chi connectivity index (χ2v) is 5.53. The fourth-order valence-corrected chi connectivity index (χ4v) is 2.79. The van der Waals surface area contributed by atoms with E-state index in [-0.39, 0.29) is 0 Å². The van der Waals surface area contributed by atoms with Crippen LogP contribution in [0.25, 0.3) is 0 Å². The molecule has 0 radical (unpaired) electrons. The molecular weight excluding hydrogens is 276 g/mol. The molecule has 1 saturated carbocycles. The average molecular weight is 297 g/mol. The van der Waals surface area contributed by atoms with Gasteiger partial charge in [0.05, 0.1) is 28.6 Å². The van der Waals surface area contributed by atoms with Crippen molar-refractivity contribution in [2.75, 3.05) is 17.7 Å². The molecular formula is C15H21ClN2O2. The minimum atomic E-state index is -0.437. The average Bonchev–Trinajstić information content (AvgIpc) is 2.44. The summed E-state index contributed by atoms with van der Waals surface area (Å²) in [7, 11) is 0. The summed E-state index contributed by atoms with van der Waals surface area (Å²) in [6.07, 6.45) is 6.09. The normalized spacial score (nSPS) is 15.9. The van der Waals surface area contributed by atoms with Crippen molar-refractivity contribution in [1.82, 2.24) is 0 Å². The van der Waals surface area contributed by atoms with E-state index in [9.17, 15) is 4.79 Å². The fraction of sp³-hybridized carbons (Fsp3) is 0.533. The number of hydrogen-bond donors (Lipinski definition) is 2. The van der Waals surface area contributed by atoms with Crippen molar-refractivity contribution in [2.24, 2.45) is 0 Å². The van der Waals surface area contributed by atoms with E-state index < -0.39 is 5.97 Å². The molecule has 0 aliphatic heterocycles. The van der Waals surface area contributed by atoms with Crippen molar-refractivity contribution >= 4 is 28.9 Å². The van der Waals surface area contributed by atoms with Gasteiger partial charge in [0.1, 0.15) is 0 Å². The first-order valence-corrected chi connectivity index (χ1v) is 7.52. The molecule has 0 aromatic heterocycles. The van der Waals surface area contributed by atoms with Gasteiger partial charge < -0.3 is 15.8 Å². The Morgan fingerprint density at radius 1 is 1.40 bits per heavy atom. The molecule has 20 heavy (non-hydrogen) atoms.